The van der Waals surface area contributed by atoms with E-state index >= 15 is 0 Å². The number of halogens is 2. The lowest BCUT2D eigenvalue weighted by molar-refractivity contribution is -0.114. The number of nitrogens with one attached hydrogen (secondary N) is 2. The van der Waals surface area contributed by atoms with Crippen molar-refractivity contribution in [2.45, 2.75) is 13.3 Å². The van der Waals surface area contributed by atoms with Gasteiger partial charge in [-0.3, -0.25) is 4.79 Å². The minimum atomic E-state index is -0.796. The van der Waals surface area contributed by atoms with Crippen LogP contribution in [0.15, 0.2) is 42.5 Å². The van der Waals surface area contributed by atoms with E-state index in [9.17, 15) is 13.6 Å². The third kappa shape index (κ3) is 4.02. The van der Waals surface area contributed by atoms with Crippen LogP contribution in [0.4, 0.5) is 20.2 Å². The second-order valence-corrected chi connectivity index (χ2v) is 4.55. The van der Waals surface area contributed by atoms with Gasteiger partial charge in [0.1, 0.15) is 17.3 Å². The smallest absolute Gasteiger partial charge is 0.243 e. The third-order valence-corrected chi connectivity index (χ3v) is 3.04. The Morgan fingerprint density at radius 1 is 1.05 bits per heavy atom. The van der Waals surface area contributed by atoms with E-state index in [0.717, 1.165) is 24.2 Å². The monoisotopic (exact) mass is 290 g/mol. The molecular weight excluding hydrogens is 274 g/mol. The summed E-state index contributed by atoms with van der Waals surface area (Å²) in [6.07, 6.45) is 0.938. The van der Waals surface area contributed by atoms with E-state index in [0.29, 0.717) is 0 Å². The molecule has 0 aliphatic carbocycles. The molecule has 2 rings (SSSR count). The average molecular weight is 290 g/mol. The van der Waals surface area contributed by atoms with Crippen molar-refractivity contribution in [1.82, 2.24) is 0 Å². The van der Waals surface area contributed by atoms with Crippen molar-refractivity contribution in [3.8, 4) is 0 Å². The standard InChI is InChI=1S/C16H16F2N2O/c1-2-11-6-8-12(9-7-11)19-10-15(21)20-16-13(17)4-3-5-14(16)18/h3-9,19H,2,10H2,1H3,(H,20,21). The van der Waals surface area contributed by atoms with Crippen molar-refractivity contribution in [2.75, 3.05) is 17.2 Å². The Labute approximate surface area is 122 Å². The van der Waals surface area contributed by atoms with Crippen LogP contribution in [0.1, 0.15) is 12.5 Å². The number of rotatable bonds is 5. The molecule has 0 radical (unpaired) electrons. The first-order valence-corrected chi connectivity index (χ1v) is 6.67. The number of aryl methyl sites for hydroxylation is 1. The van der Waals surface area contributed by atoms with Crippen molar-refractivity contribution >= 4 is 17.3 Å². The van der Waals surface area contributed by atoms with Crippen molar-refractivity contribution in [1.29, 1.82) is 0 Å². The number of hydrogen-bond acceptors (Lipinski definition) is 2. The van der Waals surface area contributed by atoms with Crippen LogP contribution < -0.4 is 10.6 Å². The Hall–Kier alpha value is -2.43. The maximum Gasteiger partial charge on any atom is 0.243 e. The van der Waals surface area contributed by atoms with Gasteiger partial charge in [-0.25, -0.2) is 8.78 Å². The van der Waals surface area contributed by atoms with Gasteiger partial charge in [0.05, 0.1) is 6.54 Å². The van der Waals surface area contributed by atoms with Crippen LogP contribution >= 0.6 is 0 Å². The van der Waals surface area contributed by atoms with Crippen molar-refractivity contribution in [3.05, 3.63) is 59.7 Å². The average Bonchev–Trinajstić information content (AvgIpc) is 2.49. The summed E-state index contributed by atoms with van der Waals surface area (Å²) in [5.74, 6) is -2.11. The van der Waals surface area contributed by atoms with Gasteiger partial charge in [0.25, 0.3) is 0 Å². The van der Waals surface area contributed by atoms with Crippen LogP contribution in [0.5, 0.6) is 0 Å². The van der Waals surface area contributed by atoms with Crippen LogP contribution in [-0.4, -0.2) is 12.5 Å². The summed E-state index contributed by atoms with van der Waals surface area (Å²) in [7, 11) is 0. The van der Waals surface area contributed by atoms with Gasteiger partial charge >= 0.3 is 0 Å². The highest BCUT2D eigenvalue weighted by atomic mass is 19.1. The minimum Gasteiger partial charge on any atom is -0.376 e. The molecule has 5 heteroatoms. The Morgan fingerprint density at radius 2 is 1.67 bits per heavy atom. The van der Waals surface area contributed by atoms with Gasteiger partial charge in [0.15, 0.2) is 0 Å². The van der Waals surface area contributed by atoms with Gasteiger partial charge in [-0.15, -0.1) is 0 Å². The first kappa shape index (κ1) is 15.0. The van der Waals surface area contributed by atoms with Crippen molar-refractivity contribution < 1.29 is 13.6 Å². The molecule has 0 saturated heterocycles. The van der Waals surface area contributed by atoms with Gasteiger partial charge in [0.2, 0.25) is 5.91 Å². The maximum absolute atomic E-state index is 13.4. The number of carbonyl (C=O) groups is 1. The molecule has 0 aromatic heterocycles. The molecule has 2 aromatic rings. The molecule has 0 bridgehead atoms. The highest BCUT2D eigenvalue weighted by Crippen LogP contribution is 2.17. The van der Waals surface area contributed by atoms with Crippen LogP contribution in [-0.2, 0) is 11.2 Å². The Kier molecular flexibility index (Phi) is 4.87. The lowest BCUT2D eigenvalue weighted by Gasteiger charge is -2.09. The number of anilines is 2. The second kappa shape index (κ2) is 6.83. The van der Waals surface area contributed by atoms with Crippen LogP contribution in [0.3, 0.4) is 0 Å². The van der Waals surface area contributed by atoms with Gasteiger partial charge < -0.3 is 10.6 Å². The van der Waals surface area contributed by atoms with E-state index in [1.807, 2.05) is 24.3 Å². The third-order valence-electron chi connectivity index (χ3n) is 3.04. The quantitative estimate of drug-likeness (QED) is 0.883. The fraction of sp³-hybridized carbons (Fsp3) is 0.188. The molecule has 0 fully saturated rings. The predicted octanol–water partition coefficient (Wildman–Crippen LogP) is 3.58. The SMILES string of the molecule is CCc1ccc(NCC(=O)Nc2c(F)cccc2F)cc1. The number of carbonyl (C=O) groups excluding carboxylic acids is 1. The van der Waals surface area contributed by atoms with Crippen LogP contribution in [0, 0.1) is 11.6 Å². The minimum absolute atomic E-state index is 0.0702. The highest BCUT2D eigenvalue weighted by Gasteiger charge is 2.11. The molecule has 2 aromatic carbocycles. The van der Waals surface area contributed by atoms with Gasteiger partial charge in [-0.05, 0) is 36.2 Å². The molecule has 2 N–H and O–H groups in total. The van der Waals surface area contributed by atoms with Crippen LogP contribution in [0.25, 0.3) is 0 Å². The molecular formula is C16H16F2N2O. The first-order valence-electron chi connectivity index (χ1n) is 6.67. The zero-order chi connectivity index (χ0) is 15.2. The second-order valence-electron chi connectivity index (χ2n) is 4.55. The summed E-state index contributed by atoms with van der Waals surface area (Å²) in [5, 5.41) is 5.12. The fourth-order valence-corrected chi connectivity index (χ4v) is 1.84. The molecule has 0 aliphatic rings. The lowest BCUT2D eigenvalue weighted by atomic mass is 10.1. The summed E-state index contributed by atoms with van der Waals surface area (Å²) in [4.78, 5) is 11.7. The molecule has 0 heterocycles. The van der Waals surface area contributed by atoms with E-state index in [2.05, 4.69) is 17.6 Å². The predicted molar refractivity (Wildman–Crippen MR) is 79.3 cm³/mol. The summed E-state index contributed by atoms with van der Waals surface area (Å²) >= 11 is 0. The Bertz CT molecular complexity index is 606. The largest absolute Gasteiger partial charge is 0.376 e. The summed E-state index contributed by atoms with van der Waals surface area (Å²) in [5.41, 5.74) is 1.54. The molecule has 0 spiro atoms. The Balaban J connectivity index is 1.92. The molecule has 0 unspecified atom stereocenters. The molecule has 0 atom stereocenters. The fourth-order valence-electron chi connectivity index (χ4n) is 1.84. The number of benzene rings is 2. The zero-order valence-electron chi connectivity index (χ0n) is 11.6. The summed E-state index contributed by atoms with van der Waals surface area (Å²) in [6, 6.07) is 11.1. The summed E-state index contributed by atoms with van der Waals surface area (Å²) < 4.78 is 26.8. The van der Waals surface area contributed by atoms with Gasteiger partial charge in [-0.1, -0.05) is 25.1 Å². The van der Waals surface area contributed by atoms with Gasteiger partial charge in [-0.2, -0.15) is 0 Å². The zero-order valence-corrected chi connectivity index (χ0v) is 11.6. The van der Waals surface area contributed by atoms with E-state index in [1.165, 1.54) is 11.6 Å². The van der Waals surface area contributed by atoms with Crippen molar-refractivity contribution in [3.63, 3.8) is 0 Å². The highest BCUT2D eigenvalue weighted by molar-refractivity contribution is 5.93. The number of para-hydroxylation sites is 1. The van der Waals surface area contributed by atoms with Crippen LogP contribution in [0.2, 0.25) is 0 Å². The topological polar surface area (TPSA) is 41.1 Å². The van der Waals surface area contributed by atoms with E-state index in [4.69, 9.17) is 0 Å². The van der Waals surface area contributed by atoms with E-state index in [1.54, 1.807) is 0 Å². The normalized spacial score (nSPS) is 10.2. The first-order chi connectivity index (χ1) is 10.1. The molecule has 0 aliphatic heterocycles. The van der Waals surface area contributed by atoms with E-state index < -0.39 is 23.2 Å². The number of hydrogen-bond donors (Lipinski definition) is 2. The lowest BCUT2D eigenvalue weighted by Crippen LogP contribution is -2.22. The molecule has 21 heavy (non-hydrogen) atoms. The molecule has 110 valence electrons. The molecule has 3 nitrogen and oxygen atoms in total. The van der Waals surface area contributed by atoms with E-state index in [-0.39, 0.29) is 6.54 Å². The molecule has 1 amide bonds. The maximum atomic E-state index is 13.4. The van der Waals surface area contributed by atoms with Gasteiger partial charge in [0, 0.05) is 5.69 Å². The molecule has 0 saturated carbocycles. The Morgan fingerprint density at radius 3 is 2.24 bits per heavy atom. The summed E-state index contributed by atoms with van der Waals surface area (Å²) in [6.45, 7) is 1.98. The number of amides is 1. The van der Waals surface area contributed by atoms with Crippen molar-refractivity contribution in [2.24, 2.45) is 0 Å².